The van der Waals surface area contributed by atoms with Crippen LogP contribution >= 0.6 is 11.6 Å². The molecule has 0 unspecified atom stereocenters. The van der Waals surface area contributed by atoms with Crippen LogP contribution in [0.2, 0.25) is 5.02 Å². The Labute approximate surface area is 103 Å². The zero-order valence-electron chi connectivity index (χ0n) is 8.40. The van der Waals surface area contributed by atoms with Crippen molar-refractivity contribution in [1.29, 1.82) is 0 Å². The molecule has 1 rings (SSSR count). The number of pyridine rings is 1. The molecule has 1 aromatic rings. The maximum Gasteiger partial charge on any atom is 0.417 e. The summed E-state index contributed by atoms with van der Waals surface area (Å²) in [5, 5.41) is 16.6. The Kier molecular flexibility index (Phi) is 3.80. The average molecular weight is 284 g/mol. The molecule has 98 valence electrons. The van der Waals surface area contributed by atoms with Gasteiger partial charge in [0, 0.05) is 6.20 Å². The minimum absolute atomic E-state index is 0.333. The summed E-state index contributed by atoms with van der Waals surface area (Å²) < 4.78 is 36.9. The van der Waals surface area contributed by atoms with Crippen molar-refractivity contribution >= 4 is 23.5 Å². The number of carbonyl (C=O) groups is 2. The molecule has 0 atom stereocenters. The molecule has 0 saturated heterocycles. The molecule has 1 aromatic heterocycles. The smallest absolute Gasteiger partial charge is 0.417 e. The molecule has 0 aliphatic heterocycles. The molecular formula is C9H5ClF3NO4. The fraction of sp³-hybridized carbons (Fsp3) is 0.222. The number of alkyl halides is 3. The standard InChI is InChI=1S/C9H5ClF3NO4/c10-4-1-3(9(11,12)13)2-14-6(4)5(7(15)16)8(17)18/h1-2,5H,(H,15,16)(H,17,18). The summed E-state index contributed by atoms with van der Waals surface area (Å²) in [7, 11) is 0. The SMILES string of the molecule is O=C(O)C(C(=O)O)c1ncc(C(F)(F)F)cc1Cl. The van der Waals surface area contributed by atoms with Gasteiger partial charge in [0.2, 0.25) is 0 Å². The predicted octanol–water partition coefficient (Wildman–Crippen LogP) is 2.01. The van der Waals surface area contributed by atoms with Crippen LogP contribution < -0.4 is 0 Å². The molecule has 0 amide bonds. The van der Waals surface area contributed by atoms with E-state index in [1.165, 1.54) is 0 Å². The summed E-state index contributed by atoms with van der Waals surface area (Å²) in [5.41, 5.74) is -1.84. The Hall–Kier alpha value is -1.83. The molecule has 0 radical (unpaired) electrons. The molecule has 0 spiro atoms. The van der Waals surface area contributed by atoms with Gasteiger partial charge in [0.25, 0.3) is 0 Å². The van der Waals surface area contributed by atoms with Crippen LogP contribution in [0.5, 0.6) is 0 Å². The molecule has 0 bridgehead atoms. The van der Waals surface area contributed by atoms with Crippen molar-refractivity contribution in [3.05, 3.63) is 28.5 Å². The Morgan fingerprint density at radius 2 is 1.78 bits per heavy atom. The average Bonchev–Trinajstić information content (AvgIpc) is 2.18. The highest BCUT2D eigenvalue weighted by atomic mass is 35.5. The van der Waals surface area contributed by atoms with Crippen molar-refractivity contribution in [3.8, 4) is 0 Å². The van der Waals surface area contributed by atoms with E-state index in [0.717, 1.165) is 0 Å². The molecule has 9 heteroatoms. The lowest BCUT2D eigenvalue weighted by molar-refractivity contribution is -0.150. The summed E-state index contributed by atoms with van der Waals surface area (Å²) in [6.07, 6.45) is -4.36. The Morgan fingerprint density at radius 1 is 1.28 bits per heavy atom. The minimum Gasteiger partial charge on any atom is -0.480 e. The van der Waals surface area contributed by atoms with E-state index in [4.69, 9.17) is 21.8 Å². The van der Waals surface area contributed by atoms with Crippen LogP contribution in [0.25, 0.3) is 0 Å². The third-order valence-electron chi connectivity index (χ3n) is 1.96. The van der Waals surface area contributed by atoms with E-state index in [9.17, 15) is 22.8 Å². The van der Waals surface area contributed by atoms with Crippen LogP contribution in [0.15, 0.2) is 12.3 Å². The van der Waals surface area contributed by atoms with Crippen molar-refractivity contribution in [2.24, 2.45) is 0 Å². The van der Waals surface area contributed by atoms with Gasteiger partial charge >= 0.3 is 18.1 Å². The van der Waals surface area contributed by atoms with E-state index in [1.807, 2.05) is 0 Å². The summed E-state index contributed by atoms with van der Waals surface area (Å²) in [6, 6.07) is 0.433. The molecule has 0 aromatic carbocycles. The highest BCUT2D eigenvalue weighted by molar-refractivity contribution is 6.31. The van der Waals surface area contributed by atoms with Gasteiger partial charge in [-0.2, -0.15) is 13.2 Å². The van der Waals surface area contributed by atoms with Crippen molar-refractivity contribution in [2.75, 3.05) is 0 Å². The van der Waals surface area contributed by atoms with Crippen LogP contribution in [0.1, 0.15) is 17.2 Å². The van der Waals surface area contributed by atoms with E-state index >= 15 is 0 Å². The number of aliphatic carboxylic acids is 2. The quantitative estimate of drug-likeness (QED) is 0.829. The maximum atomic E-state index is 12.3. The molecule has 5 nitrogen and oxygen atoms in total. The number of halogens is 4. The number of rotatable bonds is 3. The van der Waals surface area contributed by atoms with Gasteiger partial charge in [-0.25, -0.2) is 0 Å². The molecule has 0 aliphatic carbocycles. The van der Waals surface area contributed by atoms with E-state index in [0.29, 0.717) is 12.3 Å². The van der Waals surface area contributed by atoms with Gasteiger partial charge in [-0.05, 0) is 6.07 Å². The van der Waals surface area contributed by atoms with Crippen LogP contribution in [-0.4, -0.2) is 27.1 Å². The lowest BCUT2D eigenvalue weighted by Gasteiger charge is -2.11. The van der Waals surface area contributed by atoms with Crippen LogP contribution in [-0.2, 0) is 15.8 Å². The number of aromatic nitrogens is 1. The third-order valence-corrected chi connectivity index (χ3v) is 2.27. The van der Waals surface area contributed by atoms with Gasteiger partial charge in [-0.15, -0.1) is 0 Å². The van der Waals surface area contributed by atoms with Gasteiger partial charge in [0.15, 0.2) is 5.92 Å². The molecule has 0 aliphatic rings. The zero-order valence-corrected chi connectivity index (χ0v) is 9.16. The fourth-order valence-electron chi connectivity index (χ4n) is 1.16. The van der Waals surface area contributed by atoms with Crippen molar-refractivity contribution in [1.82, 2.24) is 4.98 Å². The fourth-order valence-corrected chi connectivity index (χ4v) is 1.43. The van der Waals surface area contributed by atoms with Gasteiger partial charge in [-0.3, -0.25) is 14.6 Å². The Bertz CT molecular complexity index is 489. The number of hydrogen-bond acceptors (Lipinski definition) is 3. The largest absolute Gasteiger partial charge is 0.480 e. The molecule has 1 heterocycles. The number of hydrogen-bond donors (Lipinski definition) is 2. The number of nitrogens with zero attached hydrogens (tertiary/aromatic N) is 1. The summed E-state index contributed by atoms with van der Waals surface area (Å²) in [4.78, 5) is 24.5. The topological polar surface area (TPSA) is 87.5 Å². The first kappa shape index (κ1) is 14.2. The summed E-state index contributed by atoms with van der Waals surface area (Å²) >= 11 is 5.43. The molecule has 0 saturated carbocycles. The van der Waals surface area contributed by atoms with E-state index in [1.54, 1.807) is 0 Å². The van der Waals surface area contributed by atoms with Gasteiger partial charge in [-0.1, -0.05) is 11.6 Å². The van der Waals surface area contributed by atoms with Crippen LogP contribution in [0.4, 0.5) is 13.2 Å². The lowest BCUT2D eigenvalue weighted by atomic mass is 10.0. The van der Waals surface area contributed by atoms with Crippen molar-refractivity contribution < 1.29 is 33.0 Å². The summed E-state index contributed by atoms with van der Waals surface area (Å²) in [5.74, 6) is -5.65. The second kappa shape index (κ2) is 4.81. The first-order chi connectivity index (χ1) is 8.14. The highest BCUT2D eigenvalue weighted by Crippen LogP contribution is 2.32. The van der Waals surface area contributed by atoms with E-state index in [2.05, 4.69) is 4.98 Å². The Morgan fingerprint density at radius 3 is 2.11 bits per heavy atom. The van der Waals surface area contributed by atoms with Crippen LogP contribution in [0, 0.1) is 0 Å². The first-order valence-corrected chi connectivity index (χ1v) is 4.70. The zero-order chi connectivity index (χ0) is 14.1. The number of carboxylic acids is 2. The molecule has 0 fully saturated rings. The first-order valence-electron chi connectivity index (χ1n) is 4.33. The predicted molar refractivity (Wildman–Crippen MR) is 52.3 cm³/mol. The van der Waals surface area contributed by atoms with Crippen molar-refractivity contribution in [2.45, 2.75) is 12.1 Å². The van der Waals surface area contributed by atoms with Gasteiger partial charge in [0.05, 0.1) is 16.3 Å². The lowest BCUT2D eigenvalue weighted by Crippen LogP contribution is -2.23. The molecule has 18 heavy (non-hydrogen) atoms. The van der Waals surface area contributed by atoms with Gasteiger partial charge in [0.1, 0.15) is 0 Å². The highest BCUT2D eigenvalue weighted by Gasteiger charge is 2.35. The van der Waals surface area contributed by atoms with Gasteiger partial charge < -0.3 is 10.2 Å². The maximum absolute atomic E-state index is 12.3. The van der Waals surface area contributed by atoms with E-state index in [-0.39, 0.29) is 0 Å². The third kappa shape index (κ3) is 2.89. The minimum atomic E-state index is -4.70. The monoisotopic (exact) mass is 283 g/mol. The molecule has 2 N–H and O–H groups in total. The second-order valence-electron chi connectivity index (χ2n) is 3.20. The molecular weight excluding hydrogens is 279 g/mol. The Balaban J connectivity index is 3.28. The van der Waals surface area contributed by atoms with Crippen LogP contribution in [0.3, 0.4) is 0 Å². The normalized spacial score (nSPS) is 11.6. The number of carboxylic acid groups (broad SMARTS) is 2. The summed E-state index contributed by atoms with van der Waals surface area (Å²) in [6.45, 7) is 0. The van der Waals surface area contributed by atoms with E-state index < -0.39 is 40.3 Å². The second-order valence-corrected chi connectivity index (χ2v) is 3.61. The van der Waals surface area contributed by atoms with Crippen molar-refractivity contribution in [3.63, 3.8) is 0 Å².